The van der Waals surface area contributed by atoms with Crippen LogP contribution >= 0.6 is 11.3 Å². The van der Waals surface area contributed by atoms with Gasteiger partial charge in [-0.1, -0.05) is 0 Å². The molecule has 2 N–H and O–H groups in total. The van der Waals surface area contributed by atoms with E-state index in [0.717, 1.165) is 52.0 Å². The molecule has 1 unspecified atom stereocenters. The minimum atomic E-state index is -5.08. The van der Waals surface area contributed by atoms with Crippen molar-refractivity contribution in [2.45, 2.75) is 63.5 Å². The summed E-state index contributed by atoms with van der Waals surface area (Å²) in [5, 5.41) is 14.2. The molecule has 2 aliphatic heterocycles. The molecular formula is C23H33F6N3O5S. The number of aliphatic carboxylic acids is 2. The Kier molecular flexibility index (Phi) is 12.5. The Bertz CT molecular complexity index is 913. The van der Waals surface area contributed by atoms with Gasteiger partial charge in [0.25, 0.3) is 0 Å². The van der Waals surface area contributed by atoms with Crippen LogP contribution in [0.4, 0.5) is 26.3 Å². The van der Waals surface area contributed by atoms with Crippen LogP contribution in [0.2, 0.25) is 0 Å². The Morgan fingerprint density at radius 1 is 1.00 bits per heavy atom. The number of hydrogen-bond donors (Lipinski definition) is 2. The van der Waals surface area contributed by atoms with Gasteiger partial charge in [-0.15, -0.1) is 11.3 Å². The standard InChI is InChI=1S/C19H31N3OS.2C2HF3O2/c1-16-5-6-17(24-16)15-21-11-4-8-19(10-12-21)9-7-18(23)22(19)14-13-20(2)3;2*3-2(4,5)1(6)7/h5-6H,4,7-15H2,1-3H3;2*(H,6,7). The molecule has 0 radical (unpaired) electrons. The predicted octanol–water partition coefficient (Wildman–Crippen LogP) is 4.23. The number of carboxylic acid groups (broad SMARTS) is 2. The van der Waals surface area contributed by atoms with Crippen LogP contribution in [0.1, 0.15) is 41.9 Å². The quantitative estimate of drug-likeness (QED) is 0.505. The van der Waals surface area contributed by atoms with Gasteiger partial charge in [0, 0.05) is 47.9 Å². The van der Waals surface area contributed by atoms with Gasteiger partial charge in [0.2, 0.25) is 5.91 Å². The van der Waals surface area contributed by atoms with Crippen LogP contribution in [-0.2, 0) is 20.9 Å². The summed E-state index contributed by atoms with van der Waals surface area (Å²) in [6.07, 6.45) is -4.85. The molecule has 38 heavy (non-hydrogen) atoms. The molecule has 3 rings (SSSR count). The zero-order chi connectivity index (χ0) is 29.3. The van der Waals surface area contributed by atoms with Crippen LogP contribution in [0.5, 0.6) is 0 Å². The van der Waals surface area contributed by atoms with E-state index in [2.05, 4.69) is 47.9 Å². The highest BCUT2D eigenvalue weighted by Gasteiger charge is 2.45. The minimum Gasteiger partial charge on any atom is -0.475 e. The summed E-state index contributed by atoms with van der Waals surface area (Å²) < 4.78 is 63.5. The van der Waals surface area contributed by atoms with Gasteiger partial charge in [-0.25, -0.2) is 9.59 Å². The Balaban J connectivity index is 0.000000426. The highest BCUT2D eigenvalue weighted by atomic mass is 32.1. The normalized spacial score (nSPS) is 20.5. The monoisotopic (exact) mass is 577 g/mol. The van der Waals surface area contributed by atoms with Crippen LogP contribution in [0, 0.1) is 6.92 Å². The first-order valence-electron chi connectivity index (χ1n) is 11.7. The fourth-order valence-corrected chi connectivity index (χ4v) is 5.17. The number of alkyl halides is 6. The average molecular weight is 578 g/mol. The molecular weight excluding hydrogens is 544 g/mol. The van der Waals surface area contributed by atoms with Crippen LogP contribution in [-0.4, -0.2) is 101 Å². The summed E-state index contributed by atoms with van der Waals surface area (Å²) in [7, 11) is 4.18. The molecule has 2 aliphatic rings. The molecule has 2 saturated heterocycles. The molecule has 0 bridgehead atoms. The second-order valence-corrected chi connectivity index (χ2v) is 10.7. The largest absolute Gasteiger partial charge is 0.490 e. The molecule has 8 nitrogen and oxygen atoms in total. The van der Waals surface area contributed by atoms with Crippen molar-refractivity contribution >= 4 is 29.2 Å². The maximum atomic E-state index is 12.4. The SMILES string of the molecule is Cc1ccc(CN2CCCC3(CCC(=O)N3CCN(C)C)CC2)s1.O=C(O)C(F)(F)F.O=C(O)C(F)(F)F. The topological polar surface area (TPSA) is 101 Å². The zero-order valence-corrected chi connectivity index (χ0v) is 22.2. The summed E-state index contributed by atoms with van der Waals surface area (Å²) in [5.41, 5.74) is 0.132. The number of hydrogen-bond acceptors (Lipinski definition) is 6. The van der Waals surface area contributed by atoms with Gasteiger partial charge in [-0.3, -0.25) is 9.69 Å². The van der Waals surface area contributed by atoms with Crippen LogP contribution < -0.4 is 0 Å². The fourth-order valence-electron chi connectivity index (χ4n) is 4.24. The lowest BCUT2D eigenvalue weighted by molar-refractivity contribution is -0.193. The number of carbonyl (C=O) groups is 3. The molecule has 1 amide bonds. The van der Waals surface area contributed by atoms with Crippen LogP contribution in [0.15, 0.2) is 12.1 Å². The number of aryl methyl sites for hydroxylation is 1. The van der Waals surface area contributed by atoms with Gasteiger partial charge in [-0.2, -0.15) is 26.3 Å². The molecule has 1 aromatic heterocycles. The van der Waals surface area contributed by atoms with Crippen LogP contribution in [0.3, 0.4) is 0 Å². The third kappa shape index (κ3) is 11.2. The molecule has 0 aliphatic carbocycles. The lowest BCUT2D eigenvalue weighted by Gasteiger charge is -2.39. The van der Waals surface area contributed by atoms with Crippen LogP contribution in [0.25, 0.3) is 0 Å². The van der Waals surface area contributed by atoms with Gasteiger partial charge < -0.3 is 20.0 Å². The molecule has 2 fully saturated rings. The number of carbonyl (C=O) groups excluding carboxylic acids is 1. The third-order valence-corrected chi connectivity index (χ3v) is 7.10. The first kappa shape index (κ1) is 33.6. The fraction of sp³-hybridized carbons (Fsp3) is 0.696. The summed E-state index contributed by atoms with van der Waals surface area (Å²) in [4.78, 5) is 40.1. The van der Waals surface area contributed by atoms with Crippen molar-refractivity contribution in [1.29, 1.82) is 0 Å². The number of rotatable bonds is 5. The summed E-state index contributed by atoms with van der Waals surface area (Å²) in [6.45, 7) is 7.37. The number of likely N-dealkylation sites (N-methyl/N-ethyl adjacent to an activating group) is 1. The third-order valence-electron chi connectivity index (χ3n) is 6.12. The molecule has 1 atom stereocenters. The number of amides is 1. The van der Waals surface area contributed by atoms with E-state index in [-0.39, 0.29) is 5.54 Å². The van der Waals surface area contributed by atoms with Gasteiger partial charge in [-0.05, 0) is 65.4 Å². The highest BCUT2D eigenvalue weighted by molar-refractivity contribution is 7.11. The van der Waals surface area contributed by atoms with Crippen molar-refractivity contribution < 1.29 is 50.9 Å². The van der Waals surface area contributed by atoms with Crippen molar-refractivity contribution in [2.75, 3.05) is 40.3 Å². The number of likely N-dealkylation sites (tertiary alicyclic amines) is 2. The molecule has 0 saturated carbocycles. The maximum Gasteiger partial charge on any atom is 0.490 e. The van der Waals surface area contributed by atoms with E-state index in [4.69, 9.17) is 19.8 Å². The van der Waals surface area contributed by atoms with E-state index >= 15 is 0 Å². The number of halogens is 6. The minimum absolute atomic E-state index is 0.132. The zero-order valence-electron chi connectivity index (χ0n) is 21.4. The van der Waals surface area contributed by atoms with Crippen molar-refractivity contribution in [3.63, 3.8) is 0 Å². The van der Waals surface area contributed by atoms with Gasteiger partial charge in [0.05, 0.1) is 0 Å². The second-order valence-electron chi connectivity index (χ2n) is 9.32. The molecule has 0 aromatic carbocycles. The first-order valence-corrected chi connectivity index (χ1v) is 12.5. The van der Waals surface area contributed by atoms with E-state index in [1.165, 1.54) is 22.6 Å². The van der Waals surface area contributed by atoms with Crippen molar-refractivity contribution in [3.8, 4) is 0 Å². The summed E-state index contributed by atoms with van der Waals surface area (Å²) >= 11 is 1.91. The van der Waals surface area contributed by atoms with Gasteiger partial charge in [0.1, 0.15) is 0 Å². The number of carboxylic acids is 2. The predicted molar refractivity (Wildman–Crippen MR) is 128 cm³/mol. The second kappa shape index (κ2) is 14.1. The number of thiophene rings is 1. The van der Waals surface area contributed by atoms with Gasteiger partial charge >= 0.3 is 24.3 Å². The Morgan fingerprint density at radius 3 is 2.00 bits per heavy atom. The van der Waals surface area contributed by atoms with E-state index in [1.807, 2.05) is 11.3 Å². The Morgan fingerprint density at radius 2 is 1.55 bits per heavy atom. The lowest BCUT2D eigenvalue weighted by Crippen LogP contribution is -2.48. The molecule has 218 valence electrons. The van der Waals surface area contributed by atoms with E-state index in [1.54, 1.807) is 0 Å². The smallest absolute Gasteiger partial charge is 0.475 e. The Labute approximate surface area is 220 Å². The molecule has 15 heteroatoms. The van der Waals surface area contributed by atoms with E-state index < -0.39 is 24.3 Å². The Hall–Kier alpha value is -2.39. The molecule has 3 heterocycles. The van der Waals surface area contributed by atoms with E-state index in [0.29, 0.717) is 5.91 Å². The number of nitrogens with zero attached hydrogens (tertiary/aromatic N) is 3. The first-order chi connectivity index (χ1) is 17.4. The van der Waals surface area contributed by atoms with E-state index in [9.17, 15) is 31.1 Å². The molecule has 1 spiro atoms. The van der Waals surface area contributed by atoms with Gasteiger partial charge in [0.15, 0.2) is 0 Å². The average Bonchev–Trinajstić information content (AvgIpc) is 3.24. The molecule has 1 aromatic rings. The maximum absolute atomic E-state index is 12.4. The van der Waals surface area contributed by atoms with Crippen molar-refractivity contribution in [3.05, 3.63) is 21.9 Å². The summed E-state index contributed by atoms with van der Waals surface area (Å²) in [6, 6.07) is 4.49. The summed E-state index contributed by atoms with van der Waals surface area (Å²) in [5.74, 6) is -5.14. The lowest BCUT2D eigenvalue weighted by atomic mass is 9.87. The highest BCUT2D eigenvalue weighted by Crippen LogP contribution is 2.39. The van der Waals surface area contributed by atoms with Crippen molar-refractivity contribution in [2.24, 2.45) is 0 Å². The van der Waals surface area contributed by atoms with Crippen molar-refractivity contribution in [1.82, 2.24) is 14.7 Å².